The van der Waals surface area contributed by atoms with Crippen LogP contribution in [0.15, 0.2) is 12.1 Å². The number of ether oxygens (including phenoxy) is 2. The van der Waals surface area contributed by atoms with Crippen LogP contribution in [-0.2, 0) is 4.43 Å². The van der Waals surface area contributed by atoms with Gasteiger partial charge in [-0.2, -0.15) is 0 Å². The summed E-state index contributed by atoms with van der Waals surface area (Å²) in [5.41, 5.74) is 0.824. The number of rotatable bonds is 4. The Morgan fingerprint density at radius 3 is 2.61 bits per heavy atom. The van der Waals surface area contributed by atoms with Crippen molar-refractivity contribution in [3.05, 3.63) is 23.3 Å². The van der Waals surface area contributed by atoms with E-state index in [1.807, 2.05) is 0 Å². The van der Waals surface area contributed by atoms with Crippen LogP contribution >= 0.6 is 0 Å². The van der Waals surface area contributed by atoms with Gasteiger partial charge in [0.1, 0.15) is 6.61 Å². The summed E-state index contributed by atoms with van der Waals surface area (Å²) in [4.78, 5) is 11.2. The van der Waals surface area contributed by atoms with Gasteiger partial charge < -0.3 is 19.0 Å². The van der Waals surface area contributed by atoms with Crippen molar-refractivity contribution in [2.75, 3.05) is 13.2 Å². The minimum atomic E-state index is -1.85. The van der Waals surface area contributed by atoms with Crippen molar-refractivity contribution in [2.45, 2.75) is 51.9 Å². The van der Waals surface area contributed by atoms with Crippen LogP contribution in [0, 0.1) is 6.92 Å². The summed E-state index contributed by atoms with van der Waals surface area (Å²) in [6.45, 7) is 13.6. The highest BCUT2D eigenvalue weighted by Gasteiger charge is 2.38. The summed E-state index contributed by atoms with van der Waals surface area (Å²) in [6.07, 6.45) is -0.223. The molecular weight excluding hydrogens is 312 g/mol. The molecule has 1 aliphatic heterocycles. The van der Waals surface area contributed by atoms with E-state index in [4.69, 9.17) is 13.9 Å². The predicted molar refractivity (Wildman–Crippen MR) is 91.2 cm³/mol. The molecule has 0 saturated carbocycles. The van der Waals surface area contributed by atoms with Crippen LogP contribution in [0.5, 0.6) is 11.5 Å². The molecule has 23 heavy (non-hydrogen) atoms. The van der Waals surface area contributed by atoms with E-state index in [9.17, 15) is 9.90 Å². The number of fused-ring (bicyclic) bond motifs is 1. The molecule has 0 saturated heterocycles. The number of hydrogen-bond donors (Lipinski definition) is 1. The lowest BCUT2D eigenvalue weighted by molar-refractivity contribution is 0.0481. The van der Waals surface area contributed by atoms with Gasteiger partial charge in [0.15, 0.2) is 25.9 Å². The molecule has 2 rings (SSSR count). The molecule has 6 heteroatoms. The van der Waals surface area contributed by atoms with Gasteiger partial charge in [0, 0.05) is 5.56 Å². The summed E-state index contributed by atoms with van der Waals surface area (Å²) in [5.74, 6) is 0.143. The van der Waals surface area contributed by atoms with Crippen LogP contribution in [-0.4, -0.2) is 38.7 Å². The van der Waals surface area contributed by atoms with Crippen molar-refractivity contribution in [2.24, 2.45) is 0 Å². The van der Waals surface area contributed by atoms with Crippen LogP contribution in [0.1, 0.15) is 36.7 Å². The average Bonchev–Trinajstić information content (AvgIpc) is 2.44. The second-order valence-electron chi connectivity index (χ2n) is 7.49. The van der Waals surface area contributed by atoms with E-state index in [0.717, 1.165) is 0 Å². The Bertz CT molecular complexity index is 604. The van der Waals surface area contributed by atoms with Gasteiger partial charge in [0.25, 0.3) is 0 Å². The molecule has 1 atom stereocenters. The minimum Gasteiger partial charge on any atom is -0.486 e. The third-order valence-corrected chi connectivity index (χ3v) is 9.25. The van der Waals surface area contributed by atoms with Crippen molar-refractivity contribution in [3.63, 3.8) is 0 Å². The Hall–Kier alpha value is -1.53. The van der Waals surface area contributed by atoms with Crippen molar-refractivity contribution < 1.29 is 23.8 Å². The Morgan fingerprint density at radius 2 is 2.04 bits per heavy atom. The summed E-state index contributed by atoms with van der Waals surface area (Å²) in [5, 5.41) is 9.35. The highest BCUT2D eigenvalue weighted by atomic mass is 28.4. The minimum absolute atomic E-state index is 0.132. The van der Waals surface area contributed by atoms with E-state index in [-0.39, 0.29) is 16.7 Å². The molecule has 0 fully saturated rings. The fourth-order valence-corrected chi connectivity index (χ4v) is 3.18. The molecule has 0 aliphatic carbocycles. The first-order valence-corrected chi connectivity index (χ1v) is 10.7. The van der Waals surface area contributed by atoms with Gasteiger partial charge in [-0.3, -0.25) is 0 Å². The number of carboxylic acid groups (broad SMARTS) is 1. The largest absolute Gasteiger partial charge is 0.486 e. The monoisotopic (exact) mass is 338 g/mol. The zero-order chi connectivity index (χ0) is 17.4. The summed E-state index contributed by atoms with van der Waals surface area (Å²) >= 11 is 0. The molecule has 0 unspecified atom stereocenters. The van der Waals surface area contributed by atoms with Gasteiger partial charge in [-0.1, -0.05) is 20.8 Å². The van der Waals surface area contributed by atoms with E-state index in [0.29, 0.717) is 30.3 Å². The highest BCUT2D eigenvalue weighted by molar-refractivity contribution is 6.74. The number of carboxylic acids is 1. The molecule has 0 radical (unpaired) electrons. The van der Waals surface area contributed by atoms with Gasteiger partial charge in [-0.25, -0.2) is 4.79 Å². The van der Waals surface area contributed by atoms with Crippen molar-refractivity contribution in [3.8, 4) is 11.5 Å². The Labute approximate surface area is 138 Å². The van der Waals surface area contributed by atoms with E-state index < -0.39 is 14.3 Å². The lowest BCUT2D eigenvalue weighted by Gasteiger charge is -2.38. The molecule has 0 amide bonds. The molecule has 5 nitrogen and oxygen atoms in total. The maximum absolute atomic E-state index is 11.2. The first-order chi connectivity index (χ1) is 10.5. The zero-order valence-corrected chi connectivity index (χ0v) is 15.7. The quantitative estimate of drug-likeness (QED) is 0.845. The highest BCUT2D eigenvalue weighted by Crippen LogP contribution is 2.39. The summed E-state index contributed by atoms with van der Waals surface area (Å²) < 4.78 is 17.9. The van der Waals surface area contributed by atoms with Crippen molar-refractivity contribution in [1.82, 2.24) is 0 Å². The maximum atomic E-state index is 11.2. The molecule has 1 N–H and O–H groups in total. The van der Waals surface area contributed by atoms with Gasteiger partial charge in [0.05, 0.1) is 12.2 Å². The lowest BCUT2D eigenvalue weighted by Crippen LogP contribution is -2.45. The molecule has 1 heterocycles. The fraction of sp³-hybridized carbons (Fsp3) is 0.588. The van der Waals surface area contributed by atoms with Crippen molar-refractivity contribution >= 4 is 14.3 Å². The second-order valence-corrected chi connectivity index (χ2v) is 12.3. The third kappa shape index (κ3) is 3.69. The number of benzene rings is 1. The van der Waals surface area contributed by atoms with E-state index in [1.54, 1.807) is 19.1 Å². The first-order valence-electron chi connectivity index (χ1n) is 7.83. The Morgan fingerprint density at radius 1 is 1.39 bits per heavy atom. The van der Waals surface area contributed by atoms with Crippen LogP contribution in [0.2, 0.25) is 18.1 Å². The molecule has 1 aliphatic rings. The smallest absolute Gasteiger partial charge is 0.336 e. The van der Waals surface area contributed by atoms with E-state index >= 15 is 0 Å². The molecule has 0 bridgehead atoms. The van der Waals surface area contributed by atoms with Gasteiger partial charge >= 0.3 is 5.97 Å². The molecule has 1 aromatic rings. The van der Waals surface area contributed by atoms with Gasteiger partial charge in [0.2, 0.25) is 0 Å². The second kappa shape index (κ2) is 6.17. The topological polar surface area (TPSA) is 65.0 Å². The summed E-state index contributed by atoms with van der Waals surface area (Å²) in [7, 11) is -1.85. The Balaban J connectivity index is 2.11. The fourth-order valence-electron chi connectivity index (χ4n) is 2.14. The standard InChI is InChI=1S/C17H26O5Si/c1-11-13(16(18)19)7-8-14-15(11)22-12(9-20-14)10-21-23(5,6)17(2,3)4/h7-8,12H,9-10H2,1-6H3,(H,18,19)/t12-/m1/s1. The Kier molecular flexibility index (Phi) is 4.78. The zero-order valence-electron chi connectivity index (χ0n) is 14.7. The normalized spacial score (nSPS) is 17.9. The molecule has 0 aromatic heterocycles. The van der Waals surface area contributed by atoms with Gasteiger partial charge in [-0.05, 0) is 37.2 Å². The number of hydrogen-bond acceptors (Lipinski definition) is 4. The average molecular weight is 338 g/mol. The molecule has 1 aromatic carbocycles. The molecule has 128 valence electrons. The number of aromatic carboxylic acids is 1. The first kappa shape index (κ1) is 17.8. The third-order valence-electron chi connectivity index (χ3n) is 4.75. The van der Waals surface area contributed by atoms with E-state index in [2.05, 4.69) is 33.9 Å². The van der Waals surface area contributed by atoms with Crippen molar-refractivity contribution in [1.29, 1.82) is 0 Å². The SMILES string of the molecule is Cc1c(C(=O)O)ccc2c1O[C@@H](CO[Si](C)(C)C(C)(C)C)CO2. The summed E-state index contributed by atoms with van der Waals surface area (Å²) in [6, 6.07) is 3.20. The van der Waals surface area contributed by atoms with Gasteiger partial charge in [-0.15, -0.1) is 0 Å². The molecular formula is C17H26O5Si. The number of carbonyl (C=O) groups is 1. The van der Waals surface area contributed by atoms with Crippen LogP contribution < -0.4 is 9.47 Å². The lowest BCUT2D eigenvalue weighted by atomic mass is 10.1. The van der Waals surface area contributed by atoms with Crippen LogP contribution in [0.25, 0.3) is 0 Å². The van der Waals surface area contributed by atoms with Crippen LogP contribution in [0.4, 0.5) is 0 Å². The van der Waals surface area contributed by atoms with Crippen LogP contribution in [0.3, 0.4) is 0 Å². The molecule has 0 spiro atoms. The predicted octanol–water partition coefficient (Wildman–Crippen LogP) is 3.85. The van der Waals surface area contributed by atoms with E-state index in [1.165, 1.54) is 0 Å². The maximum Gasteiger partial charge on any atom is 0.336 e.